The van der Waals surface area contributed by atoms with Crippen LogP contribution in [-0.4, -0.2) is 15.9 Å². The summed E-state index contributed by atoms with van der Waals surface area (Å²) < 4.78 is 0.992. The smallest absolute Gasteiger partial charge is 0.255 e. The molecular formula is C19H17IN4O. The molecule has 0 saturated heterocycles. The number of halogens is 1. The highest BCUT2D eigenvalue weighted by Crippen LogP contribution is 2.20. The summed E-state index contributed by atoms with van der Waals surface area (Å²) in [5.41, 5.74) is 3.91. The second-order valence-corrected chi connectivity index (χ2v) is 6.78. The monoisotopic (exact) mass is 444 g/mol. The number of rotatable bonds is 4. The molecule has 0 atom stereocenters. The number of carbonyl (C=O) groups is 1. The molecule has 5 nitrogen and oxygen atoms in total. The molecule has 1 amide bonds. The maximum absolute atomic E-state index is 12.5. The molecule has 0 saturated carbocycles. The van der Waals surface area contributed by atoms with E-state index >= 15 is 0 Å². The third-order valence-electron chi connectivity index (χ3n) is 3.49. The molecule has 0 bridgehead atoms. The first-order chi connectivity index (χ1) is 12.0. The Balaban J connectivity index is 1.79. The fourth-order valence-corrected chi connectivity index (χ4v) is 2.93. The van der Waals surface area contributed by atoms with E-state index in [2.05, 4.69) is 43.2 Å². The summed E-state index contributed by atoms with van der Waals surface area (Å²) in [5, 5.41) is 6.08. The highest BCUT2D eigenvalue weighted by molar-refractivity contribution is 14.1. The molecule has 0 aliphatic heterocycles. The lowest BCUT2D eigenvalue weighted by Gasteiger charge is -2.10. The zero-order valence-corrected chi connectivity index (χ0v) is 16.0. The number of anilines is 3. The lowest BCUT2D eigenvalue weighted by molar-refractivity contribution is 0.102. The number of carbonyl (C=O) groups excluding carboxylic acids is 1. The van der Waals surface area contributed by atoms with Gasteiger partial charge in [-0.3, -0.25) is 4.79 Å². The Morgan fingerprint density at radius 3 is 2.40 bits per heavy atom. The summed E-state index contributed by atoms with van der Waals surface area (Å²) in [7, 11) is 0. The van der Waals surface area contributed by atoms with E-state index < -0.39 is 0 Å². The third-order valence-corrected chi connectivity index (χ3v) is 4.43. The van der Waals surface area contributed by atoms with Gasteiger partial charge in [-0.25, -0.2) is 9.97 Å². The quantitative estimate of drug-likeness (QED) is 0.573. The van der Waals surface area contributed by atoms with Crippen molar-refractivity contribution < 1.29 is 4.79 Å². The number of nitrogens with zero attached hydrogens (tertiary/aromatic N) is 2. The van der Waals surface area contributed by atoms with Gasteiger partial charge in [-0.2, -0.15) is 0 Å². The summed E-state index contributed by atoms with van der Waals surface area (Å²) in [4.78, 5) is 21.2. The van der Waals surface area contributed by atoms with Crippen LogP contribution in [0.25, 0.3) is 0 Å². The van der Waals surface area contributed by atoms with Gasteiger partial charge in [-0.05, 0) is 72.8 Å². The van der Waals surface area contributed by atoms with Gasteiger partial charge < -0.3 is 10.6 Å². The van der Waals surface area contributed by atoms with Crippen molar-refractivity contribution in [2.24, 2.45) is 0 Å². The normalized spacial score (nSPS) is 10.4. The maximum atomic E-state index is 12.5. The van der Waals surface area contributed by atoms with Gasteiger partial charge in [0.05, 0.1) is 5.69 Å². The van der Waals surface area contributed by atoms with E-state index in [1.807, 2.05) is 56.3 Å². The van der Waals surface area contributed by atoms with Crippen LogP contribution in [0.1, 0.15) is 21.7 Å². The Kier molecular flexibility index (Phi) is 5.28. The van der Waals surface area contributed by atoms with Gasteiger partial charge in [0, 0.05) is 26.2 Å². The van der Waals surface area contributed by atoms with Gasteiger partial charge in [-0.15, -0.1) is 0 Å². The fraction of sp³-hybridized carbons (Fsp3) is 0.105. The first-order valence-corrected chi connectivity index (χ1v) is 8.84. The molecule has 25 heavy (non-hydrogen) atoms. The highest BCUT2D eigenvalue weighted by Gasteiger charge is 2.09. The van der Waals surface area contributed by atoms with E-state index in [1.54, 1.807) is 12.1 Å². The molecule has 0 aliphatic rings. The van der Waals surface area contributed by atoms with Crippen LogP contribution in [0.5, 0.6) is 0 Å². The maximum Gasteiger partial charge on any atom is 0.255 e. The van der Waals surface area contributed by atoms with E-state index in [-0.39, 0.29) is 5.91 Å². The molecule has 6 heteroatoms. The summed E-state index contributed by atoms with van der Waals surface area (Å²) in [6, 6.07) is 16.8. The van der Waals surface area contributed by atoms with Crippen molar-refractivity contribution in [1.82, 2.24) is 9.97 Å². The molecule has 0 aliphatic carbocycles. The molecule has 0 fully saturated rings. The molecule has 3 rings (SSSR count). The Hall–Kier alpha value is -2.48. The van der Waals surface area contributed by atoms with Crippen LogP contribution in [0.4, 0.5) is 17.3 Å². The van der Waals surface area contributed by atoms with Gasteiger partial charge in [0.2, 0.25) is 5.95 Å². The van der Waals surface area contributed by atoms with Crippen molar-refractivity contribution in [3.8, 4) is 0 Å². The average molecular weight is 444 g/mol. The molecule has 0 radical (unpaired) electrons. The Bertz CT molecular complexity index is 907. The average Bonchev–Trinajstić information content (AvgIpc) is 2.56. The molecule has 0 unspecified atom stereocenters. The number of aromatic nitrogens is 2. The number of aryl methyl sites for hydroxylation is 2. The SMILES string of the molecule is Cc1cc(C)nc(Nc2cccc(C(=O)Nc3ccccc3I)c2)n1. The van der Waals surface area contributed by atoms with Crippen LogP contribution >= 0.6 is 22.6 Å². The van der Waals surface area contributed by atoms with Crippen LogP contribution in [0.3, 0.4) is 0 Å². The van der Waals surface area contributed by atoms with E-state index in [1.165, 1.54) is 0 Å². The number of benzene rings is 2. The molecular weight excluding hydrogens is 427 g/mol. The van der Waals surface area contributed by atoms with Crippen LogP contribution in [0.15, 0.2) is 54.6 Å². The minimum atomic E-state index is -0.158. The van der Waals surface area contributed by atoms with Crippen LogP contribution < -0.4 is 10.6 Å². The van der Waals surface area contributed by atoms with Crippen molar-refractivity contribution in [1.29, 1.82) is 0 Å². The second kappa shape index (κ2) is 7.60. The Morgan fingerprint density at radius 2 is 1.68 bits per heavy atom. The van der Waals surface area contributed by atoms with Gasteiger partial charge in [0.1, 0.15) is 0 Å². The predicted octanol–water partition coefficient (Wildman–Crippen LogP) is 4.69. The first-order valence-electron chi connectivity index (χ1n) is 7.76. The van der Waals surface area contributed by atoms with E-state index in [4.69, 9.17) is 0 Å². The highest BCUT2D eigenvalue weighted by atomic mass is 127. The van der Waals surface area contributed by atoms with E-state index in [0.29, 0.717) is 11.5 Å². The van der Waals surface area contributed by atoms with Crippen molar-refractivity contribution in [3.63, 3.8) is 0 Å². The topological polar surface area (TPSA) is 66.9 Å². The molecule has 1 heterocycles. The van der Waals surface area contributed by atoms with E-state index in [0.717, 1.165) is 26.3 Å². The number of para-hydroxylation sites is 1. The fourth-order valence-electron chi connectivity index (χ4n) is 2.41. The molecule has 0 spiro atoms. The van der Waals surface area contributed by atoms with Gasteiger partial charge >= 0.3 is 0 Å². The summed E-state index contributed by atoms with van der Waals surface area (Å²) in [6.45, 7) is 3.84. The molecule has 3 aromatic rings. The van der Waals surface area contributed by atoms with Gasteiger partial charge in [0.25, 0.3) is 5.91 Å². The molecule has 126 valence electrons. The van der Waals surface area contributed by atoms with Crippen molar-refractivity contribution in [2.45, 2.75) is 13.8 Å². The molecule has 1 aromatic heterocycles. The van der Waals surface area contributed by atoms with Crippen LogP contribution in [-0.2, 0) is 0 Å². The molecule has 2 aromatic carbocycles. The van der Waals surface area contributed by atoms with Crippen molar-refractivity contribution in [2.75, 3.05) is 10.6 Å². The minimum Gasteiger partial charge on any atom is -0.324 e. The zero-order chi connectivity index (χ0) is 17.8. The predicted molar refractivity (Wildman–Crippen MR) is 108 cm³/mol. The number of nitrogens with one attached hydrogen (secondary N) is 2. The standard InChI is InChI=1S/C19H17IN4O/c1-12-10-13(2)22-19(21-12)23-15-7-5-6-14(11-15)18(25)24-17-9-4-3-8-16(17)20/h3-11H,1-2H3,(H,24,25)(H,21,22,23). The minimum absolute atomic E-state index is 0.158. The van der Waals surface area contributed by atoms with E-state index in [9.17, 15) is 4.79 Å². The van der Waals surface area contributed by atoms with Crippen LogP contribution in [0, 0.1) is 17.4 Å². The summed E-state index contributed by atoms with van der Waals surface area (Å²) in [6.07, 6.45) is 0. The second-order valence-electron chi connectivity index (χ2n) is 5.61. The lowest BCUT2D eigenvalue weighted by Crippen LogP contribution is -2.13. The Labute approximate surface area is 160 Å². The van der Waals surface area contributed by atoms with Crippen molar-refractivity contribution >= 4 is 45.8 Å². The summed E-state index contributed by atoms with van der Waals surface area (Å²) in [5.74, 6) is 0.363. The van der Waals surface area contributed by atoms with Gasteiger partial charge in [-0.1, -0.05) is 18.2 Å². The first kappa shape index (κ1) is 17.3. The molecule has 2 N–H and O–H groups in total. The third kappa shape index (κ3) is 4.54. The number of hydrogen-bond donors (Lipinski definition) is 2. The Morgan fingerprint density at radius 1 is 0.960 bits per heavy atom. The van der Waals surface area contributed by atoms with Crippen molar-refractivity contribution in [3.05, 3.63) is 75.1 Å². The van der Waals surface area contributed by atoms with Crippen LogP contribution in [0.2, 0.25) is 0 Å². The van der Waals surface area contributed by atoms with Gasteiger partial charge in [0.15, 0.2) is 0 Å². The lowest BCUT2D eigenvalue weighted by atomic mass is 10.2. The number of hydrogen-bond acceptors (Lipinski definition) is 4. The zero-order valence-electron chi connectivity index (χ0n) is 13.9. The number of amides is 1. The largest absolute Gasteiger partial charge is 0.324 e. The summed E-state index contributed by atoms with van der Waals surface area (Å²) >= 11 is 2.20.